The molecule has 2 heterocycles. The number of imidazole rings is 1. The Balaban J connectivity index is 1.72. The molecule has 3 N–H and O–H groups in total. The van der Waals surface area contributed by atoms with E-state index >= 15 is 0 Å². The summed E-state index contributed by atoms with van der Waals surface area (Å²) in [5.41, 5.74) is 7.46. The van der Waals surface area contributed by atoms with Gasteiger partial charge in [0.25, 0.3) is 4.92 Å². The highest BCUT2D eigenvalue weighted by Gasteiger charge is 2.16. The van der Waals surface area contributed by atoms with E-state index in [4.69, 9.17) is 5.73 Å². The number of nitrogens with one attached hydrogen (secondary N) is 1. The van der Waals surface area contributed by atoms with Gasteiger partial charge in [0.2, 0.25) is 5.95 Å². The van der Waals surface area contributed by atoms with Crippen LogP contribution in [0.25, 0.3) is 16.9 Å². The van der Waals surface area contributed by atoms with E-state index in [1.807, 2.05) is 0 Å². The molecule has 11 heteroatoms. The highest BCUT2D eigenvalue weighted by molar-refractivity contribution is 5.78. The van der Waals surface area contributed by atoms with Crippen molar-refractivity contribution in [1.82, 2.24) is 19.5 Å². The molecular weight excluding hydrogens is 396 g/mol. The van der Waals surface area contributed by atoms with E-state index in [9.17, 15) is 13.7 Å². The summed E-state index contributed by atoms with van der Waals surface area (Å²) in [6.45, 7) is 1.68. The maximum atomic E-state index is 13.8. The first-order valence-corrected chi connectivity index (χ1v) is 8.73. The number of benzene rings is 2. The largest absolute Gasteiger partial charge is 0.383 e. The van der Waals surface area contributed by atoms with Crippen molar-refractivity contribution in [3.8, 4) is 5.82 Å². The van der Waals surface area contributed by atoms with Crippen molar-refractivity contribution < 1.29 is 18.5 Å². The minimum atomic E-state index is -0.993. The van der Waals surface area contributed by atoms with E-state index < -0.39 is 11.6 Å². The van der Waals surface area contributed by atoms with E-state index in [2.05, 4.69) is 25.1 Å². The van der Waals surface area contributed by atoms with Crippen LogP contribution in [-0.2, 0) is 4.84 Å². The molecule has 0 saturated heterocycles. The molecule has 30 heavy (non-hydrogen) atoms. The highest BCUT2D eigenvalue weighted by atomic mass is 19.2. The Morgan fingerprint density at radius 3 is 2.47 bits per heavy atom. The SMILES string of the molecule is CO[N+](=O)c1ccc(Nc2nc(N)cc(-n3c(C)nc4cc(F)c(F)cc43)n2)cc1. The third kappa shape index (κ3) is 3.48. The average molecular weight is 412 g/mol. The van der Waals surface area contributed by atoms with Crippen LogP contribution in [0.1, 0.15) is 5.82 Å². The quantitative estimate of drug-likeness (QED) is 0.481. The van der Waals surface area contributed by atoms with Gasteiger partial charge in [-0.2, -0.15) is 9.97 Å². The molecule has 0 unspecified atom stereocenters. The van der Waals surface area contributed by atoms with Crippen LogP contribution in [-0.4, -0.2) is 31.6 Å². The lowest BCUT2D eigenvalue weighted by molar-refractivity contribution is -0.736. The number of rotatable bonds is 5. The van der Waals surface area contributed by atoms with E-state index in [1.54, 1.807) is 35.8 Å². The molecule has 0 atom stereocenters. The highest BCUT2D eigenvalue weighted by Crippen LogP contribution is 2.25. The van der Waals surface area contributed by atoms with Gasteiger partial charge in [-0.1, -0.05) is 0 Å². The standard InChI is InChI=1S/C19H16F2N7O2/c1-10-23-15-7-13(20)14(21)8-16(15)27(10)18-9-17(22)25-19(26-18)24-11-3-5-12(6-4-11)28(29)30-2/h3-9H,1-2H3,(H3,22,24,25,26)/q+1. The van der Waals surface area contributed by atoms with E-state index in [1.165, 1.54) is 13.2 Å². The molecule has 0 radical (unpaired) electrons. The van der Waals surface area contributed by atoms with Crippen molar-refractivity contribution in [2.75, 3.05) is 18.2 Å². The van der Waals surface area contributed by atoms with Crippen LogP contribution in [0.4, 0.5) is 31.9 Å². The molecule has 9 nitrogen and oxygen atoms in total. The van der Waals surface area contributed by atoms with Crippen LogP contribution in [0.2, 0.25) is 0 Å². The zero-order chi connectivity index (χ0) is 21.4. The Labute approximate surface area is 168 Å². The van der Waals surface area contributed by atoms with Crippen LogP contribution in [0.5, 0.6) is 0 Å². The fraction of sp³-hybridized carbons (Fsp3) is 0.105. The molecule has 2 aromatic carbocycles. The topological polar surface area (TPSA) is 111 Å². The monoisotopic (exact) mass is 412 g/mol. The Hall–Kier alpha value is -4.15. The molecule has 2 aromatic heterocycles. The van der Waals surface area contributed by atoms with Gasteiger partial charge < -0.3 is 11.1 Å². The van der Waals surface area contributed by atoms with Gasteiger partial charge in [-0.05, 0) is 19.1 Å². The number of halogens is 2. The lowest BCUT2D eigenvalue weighted by Crippen LogP contribution is -2.07. The number of nitrogens with two attached hydrogens (primary N) is 1. The lowest BCUT2D eigenvalue weighted by Gasteiger charge is -2.10. The van der Waals surface area contributed by atoms with E-state index in [0.29, 0.717) is 33.5 Å². The molecular formula is C19H16F2N7O2+. The predicted molar refractivity (Wildman–Crippen MR) is 106 cm³/mol. The van der Waals surface area contributed by atoms with Crippen molar-refractivity contribution in [3.05, 3.63) is 64.8 Å². The molecule has 0 aliphatic carbocycles. The zero-order valence-corrected chi connectivity index (χ0v) is 15.9. The first kappa shape index (κ1) is 19.2. The van der Waals surface area contributed by atoms with Crippen molar-refractivity contribution in [2.24, 2.45) is 0 Å². The second-order valence-corrected chi connectivity index (χ2v) is 6.34. The lowest BCUT2D eigenvalue weighted by atomic mass is 10.3. The van der Waals surface area contributed by atoms with Gasteiger partial charge in [0.1, 0.15) is 17.5 Å². The molecule has 4 rings (SSSR count). The summed E-state index contributed by atoms with van der Waals surface area (Å²) in [6.07, 6.45) is 0. The van der Waals surface area contributed by atoms with Crippen molar-refractivity contribution in [3.63, 3.8) is 0 Å². The molecule has 152 valence electrons. The van der Waals surface area contributed by atoms with Crippen LogP contribution in [0, 0.1) is 23.5 Å². The van der Waals surface area contributed by atoms with Gasteiger partial charge in [0.15, 0.2) is 18.7 Å². The minimum absolute atomic E-state index is 0.160. The summed E-state index contributed by atoms with van der Waals surface area (Å²) < 4.78 is 28.9. The van der Waals surface area contributed by atoms with Crippen molar-refractivity contribution in [1.29, 1.82) is 0 Å². The van der Waals surface area contributed by atoms with Crippen LogP contribution < -0.4 is 11.1 Å². The van der Waals surface area contributed by atoms with Gasteiger partial charge in [-0.3, -0.25) is 4.57 Å². The molecule has 0 amide bonds. The first-order valence-electron chi connectivity index (χ1n) is 8.73. The number of anilines is 3. The summed E-state index contributed by atoms with van der Waals surface area (Å²) in [6, 6.07) is 9.96. The summed E-state index contributed by atoms with van der Waals surface area (Å²) in [5, 5.41) is 2.99. The normalized spacial score (nSPS) is 10.9. The Bertz CT molecular complexity index is 1270. The predicted octanol–water partition coefficient (Wildman–Crippen LogP) is 3.70. The van der Waals surface area contributed by atoms with Gasteiger partial charge >= 0.3 is 5.69 Å². The summed E-state index contributed by atoms with van der Waals surface area (Å²) in [4.78, 5) is 29.2. The van der Waals surface area contributed by atoms with Crippen LogP contribution in [0.15, 0.2) is 42.5 Å². The smallest absolute Gasteiger partial charge is 0.316 e. The number of aryl methyl sites for hydroxylation is 1. The maximum absolute atomic E-state index is 13.8. The van der Waals surface area contributed by atoms with Crippen LogP contribution in [0.3, 0.4) is 0 Å². The zero-order valence-electron chi connectivity index (χ0n) is 15.9. The number of nitrogens with zero attached hydrogens (tertiary/aromatic N) is 5. The molecule has 0 fully saturated rings. The molecule has 0 saturated carbocycles. The maximum Gasteiger partial charge on any atom is 0.316 e. The fourth-order valence-corrected chi connectivity index (χ4v) is 3.01. The number of fused-ring (bicyclic) bond motifs is 1. The molecule has 0 spiro atoms. The average Bonchev–Trinajstić information content (AvgIpc) is 3.02. The summed E-state index contributed by atoms with van der Waals surface area (Å²) >= 11 is 0. The fourth-order valence-electron chi connectivity index (χ4n) is 3.01. The Kier molecular flexibility index (Phi) is 4.70. The Morgan fingerprint density at radius 2 is 1.77 bits per heavy atom. The third-order valence-electron chi connectivity index (χ3n) is 4.33. The second kappa shape index (κ2) is 7.35. The number of nitrogen functional groups attached to an aromatic ring is 1. The number of hydrogen-bond acceptors (Lipinski definition) is 7. The molecule has 4 aromatic rings. The van der Waals surface area contributed by atoms with Gasteiger partial charge in [0.05, 0.1) is 15.9 Å². The van der Waals surface area contributed by atoms with Gasteiger partial charge in [0, 0.05) is 36.0 Å². The molecule has 0 aliphatic heterocycles. The molecule has 0 bridgehead atoms. The minimum Gasteiger partial charge on any atom is -0.383 e. The van der Waals surface area contributed by atoms with Crippen molar-refractivity contribution >= 4 is 34.2 Å². The summed E-state index contributed by atoms with van der Waals surface area (Å²) in [5.74, 6) is -0.838. The van der Waals surface area contributed by atoms with Crippen molar-refractivity contribution in [2.45, 2.75) is 6.92 Å². The van der Waals surface area contributed by atoms with E-state index in [-0.39, 0.29) is 17.3 Å². The summed E-state index contributed by atoms with van der Waals surface area (Å²) in [7, 11) is 1.27. The first-order chi connectivity index (χ1) is 14.4. The Morgan fingerprint density at radius 1 is 1.07 bits per heavy atom. The molecule has 0 aliphatic rings. The van der Waals surface area contributed by atoms with E-state index in [0.717, 1.165) is 12.1 Å². The third-order valence-corrected chi connectivity index (χ3v) is 4.33. The van der Waals surface area contributed by atoms with Gasteiger partial charge in [-0.15, -0.1) is 0 Å². The van der Waals surface area contributed by atoms with Gasteiger partial charge in [-0.25, -0.2) is 18.6 Å². The second-order valence-electron chi connectivity index (χ2n) is 6.34. The number of hydrogen-bond donors (Lipinski definition) is 2. The van der Waals surface area contributed by atoms with Crippen LogP contribution >= 0.6 is 0 Å². The number of aromatic nitrogens is 4.